The predicted molar refractivity (Wildman–Crippen MR) is 131 cm³/mol. The molecule has 1 N–H and O–H groups in total. The normalized spacial score (nSPS) is 16.1. The number of fused-ring (bicyclic) bond motifs is 1. The van der Waals surface area contributed by atoms with Crippen LogP contribution in [0, 0.1) is 5.82 Å². The first-order valence-electron chi connectivity index (χ1n) is 11.7. The van der Waals surface area contributed by atoms with Crippen molar-refractivity contribution < 1.29 is 23.4 Å². The minimum atomic E-state index is -0.234. The Bertz CT molecular complexity index is 1180. The number of amides is 1. The Morgan fingerprint density at radius 2 is 1.77 bits per heavy atom. The summed E-state index contributed by atoms with van der Waals surface area (Å²) in [6.07, 6.45) is 0. The molecule has 0 saturated carbocycles. The molecule has 2 aliphatic rings. The number of piperazine rings is 1. The Labute approximate surface area is 204 Å². The van der Waals surface area contributed by atoms with Gasteiger partial charge in [0.15, 0.2) is 11.5 Å². The highest BCUT2D eigenvalue weighted by molar-refractivity contribution is 5.94. The van der Waals surface area contributed by atoms with Gasteiger partial charge in [0.05, 0.1) is 13.2 Å². The molecule has 1 amide bonds. The lowest BCUT2D eigenvalue weighted by Crippen LogP contribution is -2.50. The van der Waals surface area contributed by atoms with Crippen molar-refractivity contribution >= 4 is 11.6 Å². The van der Waals surface area contributed by atoms with E-state index in [1.54, 1.807) is 25.3 Å². The second-order valence-corrected chi connectivity index (χ2v) is 8.57. The van der Waals surface area contributed by atoms with Gasteiger partial charge in [0.25, 0.3) is 5.91 Å². The standard InChI is InChI=1S/C27H28FN3O4/c1-33-23-4-2-3-20(15-23)27(32)29-17-24(19-5-10-25-26(16-19)35-18-34-25)31-13-11-30(12-14-31)22-8-6-21(28)7-9-22/h2-10,15-16,24H,11-14,17-18H2,1H3,(H,29,32)/t24-/m0/s1. The first-order chi connectivity index (χ1) is 17.1. The maximum atomic E-state index is 13.3. The molecular weight excluding hydrogens is 449 g/mol. The van der Waals surface area contributed by atoms with Crippen LogP contribution in [-0.2, 0) is 0 Å². The number of hydrogen-bond acceptors (Lipinski definition) is 6. The topological polar surface area (TPSA) is 63.3 Å². The largest absolute Gasteiger partial charge is 0.497 e. The van der Waals surface area contributed by atoms with E-state index in [2.05, 4.69) is 15.1 Å². The molecule has 3 aromatic carbocycles. The fraction of sp³-hybridized carbons (Fsp3) is 0.296. The molecule has 1 saturated heterocycles. The van der Waals surface area contributed by atoms with E-state index in [0.717, 1.165) is 48.9 Å². The molecular formula is C27H28FN3O4. The van der Waals surface area contributed by atoms with Gasteiger partial charge in [0.1, 0.15) is 11.6 Å². The zero-order valence-corrected chi connectivity index (χ0v) is 19.6. The van der Waals surface area contributed by atoms with Crippen molar-refractivity contribution in [1.29, 1.82) is 0 Å². The van der Waals surface area contributed by atoms with Crippen molar-refractivity contribution in [2.45, 2.75) is 6.04 Å². The number of rotatable bonds is 7. The van der Waals surface area contributed by atoms with Gasteiger partial charge < -0.3 is 24.4 Å². The SMILES string of the molecule is COc1cccc(C(=O)NC[C@@H](c2ccc3c(c2)OCO3)N2CCN(c3ccc(F)cc3)CC2)c1. The number of carbonyl (C=O) groups excluding carboxylic acids is 1. The minimum absolute atomic E-state index is 0.0468. The third kappa shape index (κ3) is 5.17. The lowest BCUT2D eigenvalue weighted by Gasteiger charge is -2.40. The highest BCUT2D eigenvalue weighted by Gasteiger charge is 2.27. The van der Waals surface area contributed by atoms with Gasteiger partial charge in [-0.25, -0.2) is 4.39 Å². The van der Waals surface area contributed by atoms with E-state index in [9.17, 15) is 9.18 Å². The zero-order chi connectivity index (χ0) is 24.2. The summed E-state index contributed by atoms with van der Waals surface area (Å²) in [6.45, 7) is 3.85. The molecule has 5 rings (SSSR count). The van der Waals surface area contributed by atoms with Gasteiger partial charge in [0.2, 0.25) is 6.79 Å². The number of methoxy groups -OCH3 is 1. The third-order valence-corrected chi connectivity index (χ3v) is 6.52. The number of carbonyl (C=O) groups is 1. The van der Waals surface area contributed by atoms with Crippen molar-refractivity contribution in [3.05, 3.63) is 83.7 Å². The summed E-state index contributed by atoms with van der Waals surface area (Å²) in [5.74, 6) is 1.70. The van der Waals surface area contributed by atoms with Crippen LogP contribution in [0.3, 0.4) is 0 Å². The minimum Gasteiger partial charge on any atom is -0.497 e. The molecule has 0 unspecified atom stereocenters. The molecule has 7 nitrogen and oxygen atoms in total. The van der Waals surface area contributed by atoms with Gasteiger partial charge in [-0.2, -0.15) is 0 Å². The van der Waals surface area contributed by atoms with E-state index in [0.29, 0.717) is 17.9 Å². The highest BCUT2D eigenvalue weighted by atomic mass is 19.1. The van der Waals surface area contributed by atoms with Gasteiger partial charge in [0, 0.05) is 44.0 Å². The Balaban J connectivity index is 1.31. The van der Waals surface area contributed by atoms with E-state index in [-0.39, 0.29) is 24.6 Å². The Morgan fingerprint density at radius 1 is 1.00 bits per heavy atom. The number of benzene rings is 3. The second kappa shape index (κ2) is 10.2. The van der Waals surface area contributed by atoms with Crippen molar-refractivity contribution in [3.8, 4) is 17.2 Å². The maximum Gasteiger partial charge on any atom is 0.251 e. The van der Waals surface area contributed by atoms with Crippen LogP contribution in [0.1, 0.15) is 22.0 Å². The molecule has 0 aromatic heterocycles. The molecule has 2 aliphatic heterocycles. The van der Waals surface area contributed by atoms with Crippen LogP contribution in [0.4, 0.5) is 10.1 Å². The monoisotopic (exact) mass is 477 g/mol. The number of ether oxygens (including phenoxy) is 3. The molecule has 0 radical (unpaired) electrons. The molecule has 3 aromatic rings. The molecule has 1 fully saturated rings. The Morgan fingerprint density at radius 3 is 2.54 bits per heavy atom. The van der Waals surface area contributed by atoms with Crippen LogP contribution in [0.25, 0.3) is 0 Å². The van der Waals surface area contributed by atoms with E-state index in [4.69, 9.17) is 14.2 Å². The summed E-state index contributed by atoms with van der Waals surface area (Å²) in [7, 11) is 1.58. The number of halogens is 1. The molecule has 0 bridgehead atoms. The number of hydrogen-bond donors (Lipinski definition) is 1. The molecule has 35 heavy (non-hydrogen) atoms. The van der Waals surface area contributed by atoms with E-state index in [1.165, 1.54) is 12.1 Å². The summed E-state index contributed by atoms with van der Waals surface area (Å²) >= 11 is 0. The zero-order valence-electron chi connectivity index (χ0n) is 19.6. The quantitative estimate of drug-likeness (QED) is 0.558. The van der Waals surface area contributed by atoms with Crippen LogP contribution < -0.4 is 24.4 Å². The van der Waals surface area contributed by atoms with Crippen LogP contribution in [-0.4, -0.2) is 57.4 Å². The lowest BCUT2D eigenvalue weighted by molar-refractivity contribution is 0.0930. The van der Waals surface area contributed by atoms with Gasteiger partial charge >= 0.3 is 0 Å². The van der Waals surface area contributed by atoms with E-state index >= 15 is 0 Å². The van der Waals surface area contributed by atoms with Crippen molar-refractivity contribution in [2.24, 2.45) is 0 Å². The smallest absolute Gasteiger partial charge is 0.251 e. The number of nitrogens with one attached hydrogen (secondary N) is 1. The van der Waals surface area contributed by atoms with Crippen LogP contribution >= 0.6 is 0 Å². The van der Waals surface area contributed by atoms with Gasteiger partial charge in [-0.15, -0.1) is 0 Å². The van der Waals surface area contributed by atoms with Crippen molar-refractivity contribution in [2.75, 3.05) is 51.5 Å². The fourth-order valence-electron chi connectivity index (χ4n) is 4.58. The summed E-state index contributed by atoms with van der Waals surface area (Å²) in [4.78, 5) is 17.5. The summed E-state index contributed by atoms with van der Waals surface area (Å²) < 4.78 is 29.7. The summed E-state index contributed by atoms with van der Waals surface area (Å²) in [5.41, 5.74) is 2.61. The summed E-state index contributed by atoms with van der Waals surface area (Å²) in [6, 6.07) is 19.6. The first kappa shape index (κ1) is 23.0. The molecule has 2 heterocycles. The average Bonchev–Trinajstić information content (AvgIpc) is 3.38. The van der Waals surface area contributed by atoms with Gasteiger partial charge in [-0.3, -0.25) is 9.69 Å². The van der Waals surface area contributed by atoms with Crippen LogP contribution in [0.2, 0.25) is 0 Å². The van der Waals surface area contributed by atoms with Crippen LogP contribution in [0.15, 0.2) is 66.7 Å². The second-order valence-electron chi connectivity index (χ2n) is 8.57. The fourth-order valence-corrected chi connectivity index (χ4v) is 4.58. The molecule has 0 spiro atoms. The van der Waals surface area contributed by atoms with E-state index < -0.39 is 0 Å². The highest BCUT2D eigenvalue weighted by Crippen LogP contribution is 2.36. The molecule has 8 heteroatoms. The lowest BCUT2D eigenvalue weighted by atomic mass is 10.0. The van der Waals surface area contributed by atoms with Gasteiger partial charge in [-0.05, 0) is 60.2 Å². The number of nitrogens with zero attached hydrogens (tertiary/aromatic N) is 2. The van der Waals surface area contributed by atoms with Crippen molar-refractivity contribution in [1.82, 2.24) is 10.2 Å². The van der Waals surface area contributed by atoms with Crippen LogP contribution in [0.5, 0.6) is 17.2 Å². The third-order valence-electron chi connectivity index (χ3n) is 6.52. The Hall–Kier alpha value is -3.78. The first-order valence-corrected chi connectivity index (χ1v) is 11.7. The van der Waals surface area contributed by atoms with Crippen molar-refractivity contribution in [3.63, 3.8) is 0 Å². The molecule has 1 atom stereocenters. The molecule has 182 valence electrons. The predicted octanol–water partition coefficient (Wildman–Crippen LogP) is 3.86. The Kier molecular flexibility index (Phi) is 6.72. The average molecular weight is 478 g/mol. The summed E-state index contributed by atoms with van der Waals surface area (Å²) in [5, 5.41) is 3.10. The maximum absolute atomic E-state index is 13.3. The molecule has 0 aliphatic carbocycles. The number of anilines is 1. The van der Waals surface area contributed by atoms with E-state index in [1.807, 2.05) is 36.4 Å². The van der Waals surface area contributed by atoms with Gasteiger partial charge in [-0.1, -0.05) is 12.1 Å².